The summed E-state index contributed by atoms with van der Waals surface area (Å²) in [4.78, 5) is 24.6. The average Bonchev–Trinajstić information content (AvgIpc) is 2.92. The topological polar surface area (TPSA) is 73.9 Å². The molecule has 0 bridgehead atoms. The van der Waals surface area contributed by atoms with Crippen LogP contribution < -0.4 is 25.0 Å². The molecule has 0 unspecified atom stereocenters. The van der Waals surface area contributed by atoms with Crippen molar-refractivity contribution in [1.82, 2.24) is 5.32 Å². The zero-order chi connectivity index (χ0) is 21.9. The molecular formula is C21H23NO5. The summed E-state index contributed by atoms with van der Waals surface area (Å²) in [5, 5.41) is 2.67. The molecule has 2 aromatic rings. The van der Waals surface area contributed by atoms with Gasteiger partial charge >= 0.3 is 0 Å². The number of carbonyl (C=O) groups excluding carboxylic acids is 1. The van der Waals surface area contributed by atoms with Crippen LogP contribution >= 0.6 is 0 Å². The number of benzene rings is 1. The largest absolute Gasteiger partial charge is 0.493 e. The van der Waals surface area contributed by atoms with E-state index in [-0.39, 0.29) is 32.1 Å². The highest BCUT2D eigenvalue weighted by molar-refractivity contribution is 5.81. The van der Waals surface area contributed by atoms with Gasteiger partial charge in [-0.3, -0.25) is 9.59 Å². The van der Waals surface area contributed by atoms with Crippen molar-refractivity contribution in [2.75, 3.05) is 21.3 Å². The van der Waals surface area contributed by atoms with E-state index in [1.54, 1.807) is 12.1 Å². The Morgan fingerprint density at radius 1 is 1.19 bits per heavy atom. The van der Waals surface area contributed by atoms with Crippen molar-refractivity contribution >= 4 is 5.91 Å². The van der Waals surface area contributed by atoms with E-state index in [4.69, 9.17) is 18.3 Å². The Balaban J connectivity index is 2.42. The second kappa shape index (κ2) is 7.70. The van der Waals surface area contributed by atoms with Crippen molar-refractivity contribution in [3.63, 3.8) is 0 Å². The fourth-order valence-corrected chi connectivity index (χ4v) is 3.35. The van der Waals surface area contributed by atoms with Gasteiger partial charge in [-0.2, -0.15) is 0 Å². The van der Waals surface area contributed by atoms with Crippen LogP contribution in [0.1, 0.15) is 34.6 Å². The van der Waals surface area contributed by atoms with E-state index in [0.717, 1.165) is 5.56 Å². The fourth-order valence-electron chi connectivity index (χ4n) is 3.35. The zero-order valence-corrected chi connectivity index (χ0v) is 15.3. The summed E-state index contributed by atoms with van der Waals surface area (Å²) in [5.41, 5.74) is 1.74. The van der Waals surface area contributed by atoms with E-state index in [2.05, 4.69) is 5.32 Å². The number of hydrogen-bond acceptors (Lipinski definition) is 5. The lowest BCUT2D eigenvalue weighted by atomic mass is 9.96. The number of rotatable bonds is 4. The molecule has 1 atom stereocenters. The molecule has 2 aromatic carbocycles. The third kappa shape index (κ3) is 3.47. The molecule has 0 aliphatic heterocycles. The predicted molar refractivity (Wildman–Crippen MR) is 103 cm³/mol. The monoisotopic (exact) mass is 375 g/mol. The zero-order valence-electron chi connectivity index (χ0n) is 18.3. The van der Waals surface area contributed by atoms with Crippen LogP contribution in [0.2, 0.25) is 0 Å². The molecule has 0 heterocycles. The number of methoxy groups -OCH3 is 3. The molecule has 0 spiro atoms. The summed E-state index contributed by atoms with van der Waals surface area (Å²) < 4.78 is 40.0. The van der Waals surface area contributed by atoms with Gasteiger partial charge in [0, 0.05) is 12.5 Å². The van der Waals surface area contributed by atoms with Gasteiger partial charge in [-0.05, 0) is 47.7 Å². The Hall–Kier alpha value is -3.02. The lowest BCUT2D eigenvalue weighted by Crippen LogP contribution is -2.26. The first kappa shape index (κ1) is 15.1. The minimum absolute atomic E-state index is 0.0938. The fraction of sp³-hybridized carbons (Fsp3) is 0.333. The molecule has 0 saturated carbocycles. The van der Waals surface area contributed by atoms with Crippen LogP contribution in [0.4, 0.5) is 0 Å². The molecule has 1 N–H and O–H groups in total. The molecule has 6 heteroatoms. The summed E-state index contributed by atoms with van der Waals surface area (Å²) in [5.74, 6) is 0.255. The first-order valence-electron chi connectivity index (χ1n) is 10.3. The van der Waals surface area contributed by atoms with E-state index in [1.807, 2.05) is 6.07 Å². The Kier molecular flexibility index (Phi) is 4.30. The van der Waals surface area contributed by atoms with Gasteiger partial charge in [0.15, 0.2) is 17.2 Å². The van der Waals surface area contributed by atoms with Gasteiger partial charge in [0.2, 0.25) is 11.3 Å². The Bertz CT molecular complexity index is 1030. The molecule has 0 radical (unpaired) electrons. The van der Waals surface area contributed by atoms with E-state index in [1.165, 1.54) is 26.2 Å². The van der Waals surface area contributed by atoms with Gasteiger partial charge < -0.3 is 19.5 Å². The van der Waals surface area contributed by atoms with Gasteiger partial charge in [-0.15, -0.1) is 0 Å². The SMILES string of the molecule is [3H]COc1ccc2c(c1OC[3H])-c1ccc(OC)c(=O)cc1[C@@]([3H])(NC(C)=O)CC2. The third-order valence-corrected chi connectivity index (χ3v) is 4.50. The van der Waals surface area contributed by atoms with Gasteiger partial charge in [0.05, 0.1) is 31.4 Å². The highest BCUT2D eigenvalue weighted by Crippen LogP contribution is 2.45. The molecule has 3 rings (SSSR count). The first-order valence-corrected chi connectivity index (χ1v) is 8.36. The molecule has 6 nitrogen and oxygen atoms in total. The number of carbonyl (C=O) groups is 1. The van der Waals surface area contributed by atoms with Crippen LogP contribution in [-0.4, -0.2) is 27.2 Å². The molecule has 0 saturated heterocycles. The van der Waals surface area contributed by atoms with E-state index >= 15 is 0 Å². The second-order valence-corrected chi connectivity index (χ2v) is 6.11. The lowest BCUT2D eigenvalue weighted by molar-refractivity contribution is -0.119. The van der Waals surface area contributed by atoms with Crippen LogP contribution in [0, 0.1) is 0 Å². The first-order chi connectivity index (χ1) is 14.3. The molecule has 0 fully saturated rings. The third-order valence-electron chi connectivity index (χ3n) is 4.50. The van der Waals surface area contributed by atoms with Crippen molar-refractivity contribution in [2.45, 2.75) is 25.8 Å². The lowest BCUT2D eigenvalue weighted by Gasteiger charge is -2.18. The van der Waals surface area contributed by atoms with Crippen LogP contribution in [-0.2, 0) is 11.2 Å². The van der Waals surface area contributed by atoms with Gasteiger partial charge in [0.25, 0.3) is 0 Å². The van der Waals surface area contributed by atoms with Gasteiger partial charge in [-0.25, -0.2) is 0 Å². The maximum absolute atomic E-state index is 12.7. The highest BCUT2D eigenvalue weighted by atomic mass is 16.5. The Morgan fingerprint density at radius 3 is 2.67 bits per heavy atom. The standard InChI is InChI=1S/C21H23NO5/c1-12(23)22-16-8-5-13-6-9-19(26-3)21(27-4)20(13)14-7-10-18(25-2)17(24)11-15(14)16/h6-7,9-11,16H,5,8H2,1-4H3,(H,22,23)/t16-/m0/s1/i3T,4T,16T. The maximum Gasteiger partial charge on any atom is 0.220 e. The van der Waals surface area contributed by atoms with Crippen LogP contribution in [0.25, 0.3) is 11.1 Å². The highest BCUT2D eigenvalue weighted by Gasteiger charge is 2.27. The smallest absolute Gasteiger partial charge is 0.220 e. The van der Waals surface area contributed by atoms with Gasteiger partial charge in [-0.1, -0.05) is 12.1 Å². The second-order valence-electron chi connectivity index (χ2n) is 6.11. The van der Waals surface area contributed by atoms with Crippen molar-refractivity contribution in [3.8, 4) is 28.4 Å². The summed E-state index contributed by atoms with van der Waals surface area (Å²) >= 11 is 0. The number of amides is 1. The normalized spacial score (nSPS) is 19.3. The molecule has 0 aromatic heterocycles. The van der Waals surface area contributed by atoms with E-state index in [0.29, 0.717) is 28.9 Å². The average molecular weight is 375 g/mol. The summed E-state index contributed by atoms with van der Waals surface area (Å²) in [6.45, 7) is 1.32. The number of hydrogen-bond donors (Lipinski definition) is 1. The number of aryl methyl sites for hydroxylation is 1. The summed E-state index contributed by atoms with van der Waals surface area (Å²) in [6, 6.07) is 6.37. The minimum atomic E-state index is -1.56. The number of fused-ring (bicyclic) bond motifs is 3. The summed E-state index contributed by atoms with van der Waals surface area (Å²) in [6.07, 6.45) is 0.635. The molecule has 27 heavy (non-hydrogen) atoms. The van der Waals surface area contributed by atoms with E-state index in [9.17, 15) is 9.59 Å². The van der Waals surface area contributed by atoms with Crippen LogP contribution in [0.3, 0.4) is 0 Å². The minimum Gasteiger partial charge on any atom is -0.493 e. The molecular weight excluding hydrogens is 346 g/mol. The molecule has 142 valence electrons. The molecule has 1 amide bonds. The van der Waals surface area contributed by atoms with Crippen LogP contribution in [0.5, 0.6) is 17.2 Å². The van der Waals surface area contributed by atoms with E-state index < -0.39 is 17.4 Å². The summed E-state index contributed by atoms with van der Waals surface area (Å²) in [7, 11) is 0.662. The number of nitrogens with one attached hydrogen (secondary N) is 1. The number of ether oxygens (including phenoxy) is 3. The van der Waals surface area contributed by atoms with Crippen molar-refractivity contribution in [2.24, 2.45) is 0 Å². The van der Waals surface area contributed by atoms with Crippen LogP contribution in [0.15, 0.2) is 35.1 Å². The molecule has 1 aliphatic carbocycles. The van der Waals surface area contributed by atoms with Crippen molar-refractivity contribution < 1.29 is 23.1 Å². The Morgan fingerprint density at radius 2 is 1.96 bits per heavy atom. The maximum atomic E-state index is 12.7. The Labute approximate surface area is 162 Å². The molecule has 1 aliphatic rings. The van der Waals surface area contributed by atoms with Crippen molar-refractivity contribution in [3.05, 3.63) is 51.7 Å². The van der Waals surface area contributed by atoms with Crippen molar-refractivity contribution in [1.29, 1.82) is 0 Å². The predicted octanol–water partition coefficient (Wildman–Crippen LogP) is 2.86. The quantitative estimate of drug-likeness (QED) is 0.890. The van der Waals surface area contributed by atoms with Gasteiger partial charge in [0.1, 0.15) is 0 Å².